The van der Waals surface area contributed by atoms with Gasteiger partial charge in [-0.05, 0) is 55.0 Å². The minimum Gasteiger partial charge on any atom is -0.493 e. The molecule has 2 rings (SSSR count). The molecule has 132 valence electrons. The van der Waals surface area contributed by atoms with E-state index in [4.69, 9.17) is 21.1 Å². The van der Waals surface area contributed by atoms with E-state index in [0.29, 0.717) is 16.5 Å². The van der Waals surface area contributed by atoms with Gasteiger partial charge in [-0.3, -0.25) is 4.79 Å². The van der Waals surface area contributed by atoms with Crippen molar-refractivity contribution in [2.75, 3.05) is 19.5 Å². The van der Waals surface area contributed by atoms with Crippen LogP contribution in [-0.4, -0.2) is 32.4 Å². The fourth-order valence-electron chi connectivity index (χ4n) is 2.06. The Balaban J connectivity index is 1.92. The highest BCUT2D eigenvalue weighted by atomic mass is 35.5. The Morgan fingerprint density at radius 3 is 2.44 bits per heavy atom. The van der Waals surface area contributed by atoms with Crippen LogP contribution >= 0.6 is 11.6 Å². The van der Waals surface area contributed by atoms with Gasteiger partial charge in [0.05, 0.1) is 20.4 Å². The van der Waals surface area contributed by atoms with Gasteiger partial charge in [0.2, 0.25) is 0 Å². The lowest BCUT2D eigenvalue weighted by Gasteiger charge is -2.13. The molecule has 0 aliphatic carbocycles. The Morgan fingerprint density at radius 1 is 1.12 bits per heavy atom. The third-order valence-corrected chi connectivity index (χ3v) is 3.67. The summed E-state index contributed by atoms with van der Waals surface area (Å²) in [5, 5.41) is 7.68. The highest BCUT2D eigenvalue weighted by Gasteiger charge is 2.11. The van der Waals surface area contributed by atoms with Crippen molar-refractivity contribution in [3.8, 4) is 11.5 Å². The van der Waals surface area contributed by atoms with Crippen molar-refractivity contribution in [2.45, 2.75) is 13.0 Å². The smallest absolute Gasteiger partial charge is 0.262 e. The van der Waals surface area contributed by atoms with Crippen LogP contribution in [0, 0.1) is 0 Å². The van der Waals surface area contributed by atoms with Crippen molar-refractivity contribution in [1.29, 1.82) is 0 Å². The fraction of sp³-hybridized carbons (Fsp3) is 0.222. The average molecular weight is 362 g/mol. The molecule has 0 saturated carbocycles. The molecule has 0 aliphatic rings. The maximum absolute atomic E-state index is 12.1. The maximum atomic E-state index is 12.1. The lowest BCUT2D eigenvalue weighted by Crippen LogP contribution is -2.34. The third kappa shape index (κ3) is 5.39. The summed E-state index contributed by atoms with van der Waals surface area (Å²) in [7, 11) is 3.13. The van der Waals surface area contributed by atoms with Crippen LogP contribution < -0.4 is 20.2 Å². The van der Waals surface area contributed by atoms with E-state index in [9.17, 15) is 4.79 Å². The molecular weight excluding hydrogens is 342 g/mol. The van der Waals surface area contributed by atoms with Gasteiger partial charge in [-0.2, -0.15) is 5.10 Å². The number of nitrogens with one attached hydrogen (secondary N) is 2. The van der Waals surface area contributed by atoms with Crippen LogP contribution in [0.3, 0.4) is 0 Å². The van der Waals surface area contributed by atoms with Gasteiger partial charge in [-0.1, -0.05) is 11.6 Å². The van der Waals surface area contributed by atoms with Crippen molar-refractivity contribution in [3.63, 3.8) is 0 Å². The van der Waals surface area contributed by atoms with Crippen molar-refractivity contribution < 1.29 is 14.3 Å². The summed E-state index contributed by atoms with van der Waals surface area (Å²) in [6.45, 7) is 1.75. The molecule has 25 heavy (non-hydrogen) atoms. The Kier molecular flexibility index (Phi) is 6.65. The average Bonchev–Trinajstić information content (AvgIpc) is 2.63. The van der Waals surface area contributed by atoms with Gasteiger partial charge in [-0.15, -0.1) is 0 Å². The lowest BCUT2D eigenvalue weighted by atomic mass is 10.2. The summed E-state index contributed by atoms with van der Waals surface area (Å²) in [6, 6.07) is 12.0. The number of carbonyl (C=O) groups excluding carboxylic acids is 1. The van der Waals surface area contributed by atoms with Gasteiger partial charge in [0.1, 0.15) is 6.04 Å². The van der Waals surface area contributed by atoms with Gasteiger partial charge in [-0.25, -0.2) is 5.43 Å². The first-order valence-electron chi connectivity index (χ1n) is 7.60. The van der Waals surface area contributed by atoms with E-state index >= 15 is 0 Å². The molecule has 1 atom stereocenters. The number of benzene rings is 2. The zero-order valence-electron chi connectivity index (χ0n) is 14.2. The number of methoxy groups -OCH3 is 2. The predicted molar refractivity (Wildman–Crippen MR) is 99.8 cm³/mol. The van der Waals surface area contributed by atoms with E-state index in [1.807, 2.05) is 6.07 Å². The van der Waals surface area contributed by atoms with Crippen LogP contribution in [0.2, 0.25) is 5.02 Å². The van der Waals surface area contributed by atoms with Crippen LogP contribution in [0.25, 0.3) is 0 Å². The summed E-state index contributed by atoms with van der Waals surface area (Å²) in [5.41, 5.74) is 4.07. The van der Waals surface area contributed by atoms with Gasteiger partial charge in [0.25, 0.3) is 5.91 Å². The minimum absolute atomic E-state index is 0.258. The van der Waals surface area contributed by atoms with Gasteiger partial charge < -0.3 is 14.8 Å². The molecule has 0 heterocycles. The molecule has 0 fully saturated rings. The molecular formula is C18H20ClN3O3. The molecule has 0 radical (unpaired) electrons. The molecule has 1 amide bonds. The SMILES string of the molecule is COc1ccc(/C=N\NC(=O)[C@@H](C)Nc2ccc(Cl)cc2)cc1OC. The summed E-state index contributed by atoms with van der Waals surface area (Å²) >= 11 is 5.84. The first kappa shape index (κ1) is 18.6. The number of carbonyl (C=O) groups is 1. The van der Waals surface area contributed by atoms with Crippen LogP contribution in [0.5, 0.6) is 11.5 Å². The number of amides is 1. The normalized spacial score (nSPS) is 11.8. The Labute approximate surface area is 151 Å². The highest BCUT2D eigenvalue weighted by Crippen LogP contribution is 2.26. The summed E-state index contributed by atoms with van der Waals surface area (Å²) < 4.78 is 10.4. The monoisotopic (exact) mass is 361 g/mol. The number of nitrogens with zero attached hydrogens (tertiary/aromatic N) is 1. The van der Waals surface area contributed by atoms with Crippen LogP contribution in [0.15, 0.2) is 47.6 Å². The summed E-state index contributed by atoms with van der Waals surface area (Å²) in [4.78, 5) is 12.1. The second-order valence-corrected chi connectivity index (χ2v) is 5.66. The zero-order chi connectivity index (χ0) is 18.2. The topological polar surface area (TPSA) is 72.0 Å². The van der Waals surface area contributed by atoms with E-state index in [0.717, 1.165) is 11.3 Å². The third-order valence-electron chi connectivity index (χ3n) is 3.42. The second kappa shape index (κ2) is 8.94. The Morgan fingerprint density at radius 2 is 1.80 bits per heavy atom. The number of rotatable bonds is 7. The van der Waals surface area contributed by atoms with Gasteiger partial charge in [0, 0.05) is 10.7 Å². The molecule has 0 aromatic heterocycles. The van der Waals surface area contributed by atoms with E-state index in [-0.39, 0.29) is 5.91 Å². The second-order valence-electron chi connectivity index (χ2n) is 5.22. The lowest BCUT2D eigenvalue weighted by molar-refractivity contribution is -0.121. The van der Waals surface area contributed by atoms with Gasteiger partial charge >= 0.3 is 0 Å². The summed E-state index contributed by atoms with van der Waals surface area (Å²) in [6.07, 6.45) is 1.54. The van der Waals surface area contributed by atoms with Crippen molar-refractivity contribution in [2.24, 2.45) is 5.10 Å². The molecule has 0 aliphatic heterocycles. The van der Waals surface area contributed by atoms with Crippen molar-refractivity contribution in [1.82, 2.24) is 5.43 Å². The molecule has 7 heteroatoms. The largest absolute Gasteiger partial charge is 0.493 e. The fourth-order valence-corrected chi connectivity index (χ4v) is 2.19. The first-order valence-corrected chi connectivity index (χ1v) is 7.98. The van der Waals surface area contributed by atoms with Crippen molar-refractivity contribution >= 4 is 29.4 Å². The number of hydrazone groups is 1. The molecule has 0 saturated heterocycles. The number of hydrogen-bond acceptors (Lipinski definition) is 5. The Hall–Kier alpha value is -2.73. The van der Waals surface area contributed by atoms with E-state index < -0.39 is 6.04 Å². The van der Waals surface area contributed by atoms with E-state index in [1.165, 1.54) is 6.21 Å². The minimum atomic E-state index is -0.455. The molecule has 0 bridgehead atoms. The van der Waals surface area contributed by atoms with Crippen LogP contribution in [0.4, 0.5) is 5.69 Å². The molecule has 0 spiro atoms. The molecule has 2 N–H and O–H groups in total. The maximum Gasteiger partial charge on any atom is 0.262 e. The number of ether oxygens (including phenoxy) is 2. The zero-order valence-corrected chi connectivity index (χ0v) is 15.0. The van der Waals surface area contributed by atoms with E-state index in [1.54, 1.807) is 57.5 Å². The quantitative estimate of drug-likeness (QED) is 0.586. The molecule has 6 nitrogen and oxygen atoms in total. The number of halogens is 1. The van der Waals surface area contributed by atoms with E-state index in [2.05, 4.69) is 15.8 Å². The first-order chi connectivity index (χ1) is 12.0. The summed E-state index contributed by atoms with van der Waals surface area (Å²) in [5.74, 6) is 0.965. The molecule has 0 unspecified atom stereocenters. The molecule has 2 aromatic rings. The molecule has 2 aromatic carbocycles. The van der Waals surface area contributed by atoms with Crippen LogP contribution in [-0.2, 0) is 4.79 Å². The van der Waals surface area contributed by atoms with Crippen LogP contribution in [0.1, 0.15) is 12.5 Å². The predicted octanol–water partition coefficient (Wildman–Crippen LogP) is 3.31. The standard InChI is InChI=1S/C18H20ClN3O3/c1-12(21-15-7-5-14(19)6-8-15)18(23)22-20-11-13-4-9-16(24-2)17(10-13)25-3/h4-12,21H,1-3H3,(H,22,23)/b20-11-/t12-/m1/s1. The Bertz CT molecular complexity index is 748. The highest BCUT2D eigenvalue weighted by molar-refractivity contribution is 6.30. The van der Waals surface area contributed by atoms with Crippen molar-refractivity contribution in [3.05, 3.63) is 53.1 Å². The number of hydrogen-bond donors (Lipinski definition) is 2. The number of anilines is 1. The van der Waals surface area contributed by atoms with Gasteiger partial charge in [0.15, 0.2) is 11.5 Å².